The van der Waals surface area contributed by atoms with Crippen molar-refractivity contribution in [1.29, 1.82) is 0 Å². The van der Waals surface area contributed by atoms with E-state index in [2.05, 4.69) is 259 Å². The average Bonchev–Trinajstić information content (AvgIpc) is 3.30. The Hall–Kier alpha value is -6.14. The van der Waals surface area contributed by atoms with Crippen LogP contribution in [0.2, 0.25) is 0 Å². The van der Waals surface area contributed by atoms with E-state index in [-0.39, 0.29) is 0 Å². The average molecular weight is 809 g/mol. The van der Waals surface area contributed by atoms with Crippen molar-refractivity contribution in [3.63, 3.8) is 0 Å². The van der Waals surface area contributed by atoms with Crippen LogP contribution in [0.4, 0.5) is 45.5 Å². The van der Waals surface area contributed by atoms with Gasteiger partial charge in [0.15, 0.2) is 5.71 Å². The molecule has 0 aromatic heterocycles. The Bertz CT molecular complexity index is 1820. The zero-order valence-electron chi connectivity index (χ0n) is 38.5. The third-order valence-electron chi connectivity index (χ3n) is 9.53. The summed E-state index contributed by atoms with van der Waals surface area (Å²) < 4.78 is 4.88. The van der Waals surface area contributed by atoms with Gasteiger partial charge < -0.3 is 19.6 Å². The highest BCUT2D eigenvalue weighted by molar-refractivity contribution is 6.18. The van der Waals surface area contributed by atoms with Crippen LogP contribution in [0.15, 0.2) is 174 Å². The van der Waals surface area contributed by atoms with Gasteiger partial charge >= 0.3 is 0 Å². The molecule has 0 spiro atoms. The largest absolute Gasteiger partial charge is 0.378 e. The Balaban J connectivity index is 0.00000212. The van der Waals surface area contributed by atoms with Crippen molar-refractivity contribution >= 4 is 56.9 Å². The molecule has 0 heterocycles. The number of rotatable bonds is 16. The maximum absolute atomic E-state index is 3.00. The summed E-state index contributed by atoms with van der Waals surface area (Å²) in [7, 11) is 8.32. The van der Waals surface area contributed by atoms with Crippen molar-refractivity contribution < 1.29 is 4.58 Å². The minimum absolute atomic E-state index is 1.07. The summed E-state index contributed by atoms with van der Waals surface area (Å²) in [5, 5.41) is 0. The van der Waals surface area contributed by atoms with Gasteiger partial charge in [0.2, 0.25) is 17.1 Å². The lowest BCUT2D eigenvalue weighted by Crippen LogP contribution is -2.25. The summed E-state index contributed by atoms with van der Waals surface area (Å²) in [5.41, 5.74) is 11.7. The Kier molecular flexibility index (Phi) is 25.2. The first-order valence-electron chi connectivity index (χ1n) is 21.2. The molecule has 0 radical (unpaired) electrons. The molecule has 0 amide bonds. The number of hydrogen-bond donors (Lipinski definition) is 0. The molecule has 0 bridgehead atoms. The van der Waals surface area contributed by atoms with Gasteiger partial charge in [0.25, 0.3) is 0 Å². The highest BCUT2D eigenvalue weighted by atomic mass is 15.2. The number of nitrogens with zero attached hydrogens (tertiary/aromatic N) is 6. The quantitative estimate of drug-likeness (QED) is 0.0637. The lowest BCUT2D eigenvalue weighted by molar-refractivity contribution is -0.526. The van der Waals surface area contributed by atoms with E-state index in [0.29, 0.717) is 0 Å². The summed E-state index contributed by atoms with van der Waals surface area (Å²) in [6, 6.07) is 35.7. The summed E-state index contributed by atoms with van der Waals surface area (Å²) in [6.45, 7) is 37.3. The first-order valence-corrected chi connectivity index (χ1v) is 21.2. The third-order valence-corrected chi connectivity index (χ3v) is 9.53. The van der Waals surface area contributed by atoms with E-state index in [1.54, 1.807) is 0 Å². The van der Waals surface area contributed by atoms with Crippen molar-refractivity contribution in [2.75, 3.05) is 74.0 Å². The first kappa shape index (κ1) is 51.9. The lowest BCUT2D eigenvalue weighted by atomic mass is 10.1. The Morgan fingerprint density at radius 2 is 0.683 bits per heavy atom. The number of anilines is 6. The van der Waals surface area contributed by atoms with Gasteiger partial charge in [-0.2, -0.15) is 4.58 Å². The molecule has 0 unspecified atom stereocenters. The van der Waals surface area contributed by atoms with E-state index in [4.69, 9.17) is 0 Å². The van der Waals surface area contributed by atoms with Crippen LogP contribution < -0.4 is 24.2 Å². The molecule has 6 nitrogen and oxygen atoms in total. The normalized spacial score (nSPS) is 10.9. The van der Waals surface area contributed by atoms with Crippen LogP contribution >= 0.6 is 0 Å². The van der Waals surface area contributed by atoms with Crippen LogP contribution in [-0.4, -0.2) is 70.4 Å². The molecule has 0 saturated heterocycles. The minimum Gasteiger partial charge on any atom is -0.378 e. The van der Waals surface area contributed by atoms with Crippen molar-refractivity contribution in [3.8, 4) is 0 Å². The monoisotopic (exact) mass is 809 g/mol. The molecule has 4 aromatic rings. The molecule has 6 heteroatoms. The Morgan fingerprint density at radius 1 is 0.383 bits per heavy atom. The third kappa shape index (κ3) is 14.6. The maximum Gasteiger partial charge on any atom is 0.212 e. The molecule has 0 N–H and O–H groups in total. The number of allylic oxidation sites excluding steroid dienone is 4. The molecule has 1 aliphatic rings. The van der Waals surface area contributed by atoms with Gasteiger partial charge in [-0.15, -0.1) is 52.6 Å². The standard InChI is InChI=1S/C46H60N6.4C2H4/c1-9-33-49(34-10-2)39-17-25-43(26-18-39)52(44-27-19-40(20-28-44)50(35-11-3)36-12-4)46-31-29-45(30-32-46)51(41-21-13-37(14-22-41)47(5)6)42-23-15-38(16-24-42)48(7)8;4*1-2/h13-32H,9-12,33-36H2,1-8H3;4*1-2H2/q+2;;;;. The second-order valence-electron chi connectivity index (χ2n) is 14.0. The summed E-state index contributed by atoms with van der Waals surface area (Å²) >= 11 is 0. The van der Waals surface area contributed by atoms with Gasteiger partial charge in [0.1, 0.15) is 13.1 Å². The molecular weight excluding hydrogens is 733 g/mol. The van der Waals surface area contributed by atoms with Crippen LogP contribution in [0.25, 0.3) is 0 Å². The van der Waals surface area contributed by atoms with Crippen LogP contribution in [-0.2, 0) is 0 Å². The fraction of sp³-hybridized carbons (Fsp3) is 0.296. The molecule has 4 aromatic carbocycles. The second kappa shape index (κ2) is 29.1. The van der Waals surface area contributed by atoms with Gasteiger partial charge in [-0.05, 0) is 85.6 Å². The second-order valence-corrected chi connectivity index (χ2v) is 14.0. The highest BCUT2D eigenvalue weighted by Crippen LogP contribution is 2.37. The van der Waals surface area contributed by atoms with Crippen molar-refractivity contribution in [2.24, 2.45) is 0 Å². The Morgan fingerprint density at radius 3 is 1.00 bits per heavy atom. The highest BCUT2D eigenvalue weighted by Gasteiger charge is 2.23. The molecule has 5 rings (SSSR count). The fourth-order valence-corrected chi connectivity index (χ4v) is 6.89. The van der Waals surface area contributed by atoms with Gasteiger partial charge in [0.05, 0.1) is 0 Å². The molecule has 1 aliphatic carbocycles. The zero-order valence-corrected chi connectivity index (χ0v) is 38.5. The summed E-state index contributed by atoms with van der Waals surface area (Å²) in [5.74, 6) is 0. The topological polar surface area (TPSA) is 19.0 Å². The molecular formula is C54H76N6+2. The summed E-state index contributed by atoms with van der Waals surface area (Å²) in [4.78, 5) is 9.11. The van der Waals surface area contributed by atoms with Crippen molar-refractivity contribution in [1.82, 2.24) is 4.58 Å². The van der Waals surface area contributed by atoms with Gasteiger partial charge in [-0.1, -0.05) is 27.7 Å². The van der Waals surface area contributed by atoms with E-state index in [1.165, 1.54) is 22.8 Å². The molecule has 60 heavy (non-hydrogen) atoms. The molecule has 0 atom stereocenters. The van der Waals surface area contributed by atoms with E-state index in [9.17, 15) is 0 Å². The predicted octanol–water partition coefficient (Wildman–Crippen LogP) is 13.8. The van der Waals surface area contributed by atoms with Crippen LogP contribution in [0.1, 0.15) is 53.4 Å². The molecule has 320 valence electrons. The van der Waals surface area contributed by atoms with E-state index in [0.717, 1.165) is 86.0 Å². The van der Waals surface area contributed by atoms with Crippen LogP contribution in [0.3, 0.4) is 0 Å². The Labute approximate surface area is 366 Å². The van der Waals surface area contributed by atoms with Crippen LogP contribution in [0, 0.1) is 0 Å². The maximum atomic E-state index is 3.00. The minimum atomic E-state index is 1.07. The zero-order chi connectivity index (χ0) is 45.0. The van der Waals surface area contributed by atoms with Gasteiger partial charge in [-0.25, -0.2) is 4.58 Å². The number of benzene rings is 4. The SMILES string of the molecule is C=C.C=C.C=C.C=C.CCCN(CCC)c1ccc([N+](=C2C=CC(=[N+](CCC)CCC)C=C2)c2ccc(N(c3ccc(N(C)C)cc3)c3ccc(N(C)C)cc3)cc2)cc1. The van der Waals surface area contributed by atoms with Gasteiger partial charge in [0, 0.05) is 137 Å². The lowest BCUT2D eigenvalue weighted by Gasteiger charge is -2.27. The predicted molar refractivity (Wildman–Crippen MR) is 274 cm³/mol. The smallest absolute Gasteiger partial charge is 0.212 e. The number of hydrogen-bond acceptors (Lipinski definition) is 4. The summed E-state index contributed by atoms with van der Waals surface area (Å²) in [6.07, 6.45) is 13.7. The van der Waals surface area contributed by atoms with E-state index in [1.807, 2.05) is 0 Å². The van der Waals surface area contributed by atoms with Crippen molar-refractivity contribution in [2.45, 2.75) is 53.4 Å². The fourth-order valence-electron chi connectivity index (χ4n) is 6.89. The molecule has 0 saturated carbocycles. The van der Waals surface area contributed by atoms with Crippen LogP contribution in [0.5, 0.6) is 0 Å². The first-order chi connectivity index (χ1) is 29.3. The van der Waals surface area contributed by atoms with E-state index >= 15 is 0 Å². The van der Waals surface area contributed by atoms with Gasteiger partial charge in [-0.3, -0.25) is 0 Å². The van der Waals surface area contributed by atoms with E-state index < -0.39 is 0 Å². The molecule has 0 aliphatic heterocycles. The molecule has 0 fully saturated rings. The van der Waals surface area contributed by atoms with Crippen molar-refractivity contribution in [3.05, 3.63) is 174 Å².